The number of fused-ring (bicyclic) bond motifs is 1. The molecule has 5 heteroatoms. The maximum atomic E-state index is 12.2. The molecular formula is C15H21N3O2. The van der Waals surface area contributed by atoms with Gasteiger partial charge in [-0.15, -0.1) is 0 Å². The van der Waals surface area contributed by atoms with E-state index in [1.54, 1.807) is 18.7 Å². The highest BCUT2D eigenvalue weighted by molar-refractivity contribution is 5.98. The molecule has 2 unspecified atom stereocenters. The van der Waals surface area contributed by atoms with Crippen LogP contribution in [0.1, 0.15) is 19.4 Å². The van der Waals surface area contributed by atoms with E-state index in [9.17, 15) is 9.59 Å². The fraction of sp³-hybridized carbons (Fsp3) is 0.467. The van der Waals surface area contributed by atoms with Gasteiger partial charge in [-0.1, -0.05) is 25.1 Å². The van der Waals surface area contributed by atoms with Crippen molar-refractivity contribution in [3.8, 4) is 0 Å². The molecule has 0 aromatic heterocycles. The molecule has 2 amide bonds. The zero-order valence-corrected chi connectivity index (χ0v) is 11.9. The third-order valence-electron chi connectivity index (χ3n) is 3.80. The number of carbonyl (C=O) groups excluding carboxylic acids is 2. The minimum absolute atomic E-state index is 0.0181. The molecule has 0 fully saturated rings. The maximum Gasteiger partial charge on any atom is 0.246 e. The van der Waals surface area contributed by atoms with E-state index in [0.717, 1.165) is 12.1 Å². The molecule has 3 N–H and O–H groups in total. The molecule has 1 aliphatic heterocycles. The van der Waals surface area contributed by atoms with Crippen molar-refractivity contribution in [2.75, 3.05) is 18.0 Å². The van der Waals surface area contributed by atoms with Crippen LogP contribution >= 0.6 is 0 Å². The maximum absolute atomic E-state index is 12.2. The van der Waals surface area contributed by atoms with Gasteiger partial charge in [0.1, 0.15) is 0 Å². The highest BCUT2D eigenvalue weighted by Gasteiger charge is 2.25. The molecule has 0 spiro atoms. The standard InChI is InChI=1S/C15H21N3O2/c1-10(11(2)16)15(20)17-9-14(19)18-8-7-12-5-3-4-6-13(12)18/h3-6,10-11H,7-9,16H2,1-2H3,(H,17,20). The largest absolute Gasteiger partial charge is 0.347 e. The van der Waals surface area contributed by atoms with Gasteiger partial charge in [0.15, 0.2) is 0 Å². The van der Waals surface area contributed by atoms with E-state index in [4.69, 9.17) is 5.73 Å². The second-order valence-electron chi connectivity index (χ2n) is 5.29. The zero-order chi connectivity index (χ0) is 14.7. The molecule has 5 nitrogen and oxygen atoms in total. The summed E-state index contributed by atoms with van der Waals surface area (Å²) in [6, 6.07) is 7.63. The van der Waals surface area contributed by atoms with Crippen LogP contribution in [-0.4, -0.2) is 30.9 Å². The van der Waals surface area contributed by atoms with Gasteiger partial charge in [0.25, 0.3) is 0 Å². The van der Waals surface area contributed by atoms with Crippen molar-refractivity contribution in [1.82, 2.24) is 5.32 Å². The van der Waals surface area contributed by atoms with Crippen molar-refractivity contribution in [2.45, 2.75) is 26.3 Å². The third-order valence-corrected chi connectivity index (χ3v) is 3.80. The average Bonchev–Trinajstić information content (AvgIpc) is 2.87. The monoisotopic (exact) mass is 275 g/mol. The van der Waals surface area contributed by atoms with Crippen molar-refractivity contribution < 1.29 is 9.59 Å². The first-order valence-electron chi connectivity index (χ1n) is 6.92. The number of para-hydroxylation sites is 1. The lowest BCUT2D eigenvalue weighted by molar-refractivity contribution is -0.127. The van der Waals surface area contributed by atoms with Crippen LogP contribution in [0.25, 0.3) is 0 Å². The molecule has 1 heterocycles. The minimum atomic E-state index is -0.298. The van der Waals surface area contributed by atoms with Crippen molar-refractivity contribution >= 4 is 17.5 Å². The van der Waals surface area contributed by atoms with Gasteiger partial charge in [0.05, 0.1) is 6.54 Å². The van der Waals surface area contributed by atoms with Crippen LogP contribution < -0.4 is 16.0 Å². The molecule has 2 atom stereocenters. The molecule has 1 aromatic rings. The summed E-state index contributed by atoms with van der Waals surface area (Å²) in [5.41, 5.74) is 7.80. The first-order chi connectivity index (χ1) is 9.50. The van der Waals surface area contributed by atoms with Crippen LogP contribution in [0.2, 0.25) is 0 Å². The predicted molar refractivity (Wildman–Crippen MR) is 78.3 cm³/mol. The number of nitrogens with two attached hydrogens (primary N) is 1. The topological polar surface area (TPSA) is 75.4 Å². The Morgan fingerprint density at radius 2 is 2.05 bits per heavy atom. The zero-order valence-electron chi connectivity index (χ0n) is 11.9. The van der Waals surface area contributed by atoms with Gasteiger partial charge in [-0.25, -0.2) is 0 Å². The van der Waals surface area contributed by atoms with Crippen LogP contribution in [0.3, 0.4) is 0 Å². The first kappa shape index (κ1) is 14.5. The number of hydrogen-bond donors (Lipinski definition) is 2. The Hall–Kier alpha value is -1.88. The summed E-state index contributed by atoms with van der Waals surface area (Å²) < 4.78 is 0. The van der Waals surface area contributed by atoms with Gasteiger partial charge in [0, 0.05) is 24.2 Å². The van der Waals surface area contributed by atoms with Crippen LogP contribution in [0.15, 0.2) is 24.3 Å². The number of hydrogen-bond acceptors (Lipinski definition) is 3. The Bertz CT molecular complexity index is 514. The minimum Gasteiger partial charge on any atom is -0.347 e. The molecule has 108 valence electrons. The Morgan fingerprint density at radius 3 is 2.75 bits per heavy atom. The van der Waals surface area contributed by atoms with Crippen molar-refractivity contribution in [3.05, 3.63) is 29.8 Å². The Labute approximate surface area is 119 Å². The number of nitrogens with one attached hydrogen (secondary N) is 1. The quantitative estimate of drug-likeness (QED) is 0.848. The smallest absolute Gasteiger partial charge is 0.246 e. The second-order valence-corrected chi connectivity index (χ2v) is 5.29. The Morgan fingerprint density at radius 1 is 1.35 bits per heavy atom. The summed E-state index contributed by atoms with van der Waals surface area (Å²) in [4.78, 5) is 25.7. The van der Waals surface area contributed by atoms with E-state index < -0.39 is 0 Å². The number of rotatable bonds is 4. The molecule has 20 heavy (non-hydrogen) atoms. The first-order valence-corrected chi connectivity index (χ1v) is 6.92. The van der Waals surface area contributed by atoms with Gasteiger partial charge >= 0.3 is 0 Å². The summed E-state index contributed by atoms with van der Waals surface area (Å²) >= 11 is 0. The summed E-state index contributed by atoms with van der Waals surface area (Å²) in [7, 11) is 0. The highest BCUT2D eigenvalue weighted by Crippen LogP contribution is 2.27. The molecule has 1 aliphatic rings. The van der Waals surface area contributed by atoms with Crippen LogP contribution in [0, 0.1) is 5.92 Å². The molecule has 0 radical (unpaired) electrons. The lowest BCUT2D eigenvalue weighted by Crippen LogP contribution is -2.44. The van der Waals surface area contributed by atoms with E-state index in [2.05, 4.69) is 5.32 Å². The van der Waals surface area contributed by atoms with Crippen molar-refractivity contribution in [1.29, 1.82) is 0 Å². The van der Waals surface area contributed by atoms with Crippen molar-refractivity contribution in [3.63, 3.8) is 0 Å². The molecule has 2 rings (SSSR count). The summed E-state index contributed by atoms with van der Waals surface area (Å²) in [6.45, 7) is 4.24. The molecule has 0 saturated carbocycles. The number of nitrogens with zero attached hydrogens (tertiary/aromatic N) is 1. The molecule has 0 bridgehead atoms. The number of anilines is 1. The highest BCUT2D eigenvalue weighted by atomic mass is 16.2. The summed E-state index contributed by atoms with van der Waals surface area (Å²) in [5.74, 6) is -0.560. The van der Waals surface area contributed by atoms with Gasteiger partial charge in [-0.3, -0.25) is 9.59 Å². The van der Waals surface area contributed by atoms with Crippen LogP contribution in [0.5, 0.6) is 0 Å². The normalized spacial score (nSPS) is 16.4. The lowest BCUT2D eigenvalue weighted by atomic mass is 10.0. The summed E-state index contributed by atoms with van der Waals surface area (Å²) in [5, 5.41) is 2.66. The van der Waals surface area contributed by atoms with E-state index in [1.165, 1.54) is 5.56 Å². The Balaban J connectivity index is 1.93. The van der Waals surface area contributed by atoms with E-state index in [1.807, 2.05) is 24.3 Å². The summed E-state index contributed by atoms with van der Waals surface area (Å²) in [6.07, 6.45) is 0.867. The number of carbonyl (C=O) groups is 2. The molecule has 0 saturated heterocycles. The predicted octanol–water partition coefficient (Wildman–Crippen LogP) is 0.675. The molecule has 1 aromatic carbocycles. The fourth-order valence-electron chi connectivity index (χ4n) is 2.26. The number of amides is 2. The molecule has 0 aliphatic carbocycles. The fourth-order valence-corrected chi connectivity index (χ4v) is 2.26. The third kappa shape index (κ3) is 2.99. The van der Waals surface area contributed by atoms with Gasteiger partial charge in [-0.2, -0.15) is 0 Å². The lowest BCUT2D eigenvalue weighted by Gasteiger charge is -2.19. The van der Waals surface area contributed by atoms with Gasteiger partial charge in [0.2, 0.25) is 11.8 Å². The van der Waals surface area contributed by atoms with E-state index >= 15 is 0 Å². The van der Waals surface area contributed by atoms with Crippen molar-refractivity contribution in [2.24, 2.45) is 11.7 Å². The van der Waals surface area contributed by atoms with E-state index in [0.29, 0.717) is 6.54 Å². The SMILES string of the molecule is CC(N)C(C)C(=O)NCC(=O)N1CCc2ccccc21. The Kier molecular flexibility index (Phi) is 4.39. The van der Waals surface area contributed by atoms with Crippen LogP contribution in [0.4, 0.5) is 5.69 Å². The second kappa shape index (κ2) is 6.05. The van der Waals surface area contributed by atoms with Gasteiger partial charge in [-0.05, 0) is 25.0 Å². The van der Waals surface area contributed by atoms with E-state index in [-0.39, 0.29) is 30.3 Å². The molecular weight excluding hydrogens is 254 g/mol. The average molecular weight is 275 g/mol. The van der Waals surface area contributed by atoms with Gasteiger partial charge < -0.3 is 16.0 Å². The van der Waals surface area contributed by atoms with Crippen LogP contribution in [-0.2, 0) is 16.0 Å². The number of benzene rings is 1.